The zero-order chi connectivity index (χ0) is 20.1. The first-order valence-corrected chi connectivity index (χ1v) is 9.11. The highest BCUT2D eigenvalue weighted by molar-refractivity contribution is 5.90. The summed E-state index contributed by atoms with van der Waals surface area (Å²) in [7, 11) is 1.58. The van der Waals surface area contributed by atoms with E-state index < -0.39 is 11.6 Å². The van der Waals surface area contributed by atoms with Crippen LogP contribution in [0.4, 0.5) is 0 Å². The Morgan fingerprint density at radius 3 is 2.71 bits per heavy atom. The molecule has 0 N–H and O–H groups in total. The summed E-state index contributed by atoms with van der Waals surface area (Å²) in [6.45, 7) is 4.01. The molecular formula is C23H22O5. The van der Waals surface area contributed by atoms with Crippen molar-refractivity contribution >= 4 is 23.0 Å². The van der Waals surface area contributed by atoms with Gasteiger partial charge >= 0.3 is 11.6 Å². The van der Waals surface area contributed by atoms with Gasteiger partial charge in [0.2, 0.25) is 0 Å². The number of hydrogen-bond donors (Lipinski definition) is 0. The van der Waals surface area contributed by atoms with Crippen LogP contribution in [0.5, 0.6) is 11.5 Å². The maximum absolute atomic E-state index is 12.2. The van der Waals surface area contributed by atoms with Crippen LogP contribution in [-0.2, 0) is 11.2 Å². The highest BCUT2D eigenvalue weighted by atomic mass is 16.5. The lowest BCUT2D eigenvalue weighted by Gasteiger charge is -2.07. The molecule has 3 aromatic rings. The lowest BCUT2D eigenvalue weighted by Crippen LogP contribution is -2.05. The molecule has 0 radical (unpaired) electrons. The maximum atomic E-state index is 12.2. The quantitative estimate of drug-likeness (QED) is 0.270. The SMILES string of the molecule is CCCc1cc(=O)oc2cc(OC(=O)/C=C/c3cc(C)ccc3OC)ccc12. The number of esters is 1. The van der Waals surface area contributed by atoms with Gasteiger partial charge in [-0.1, -0.05) is 25.0 Å². The van der Waals surface area contributed by atoms with Crippen LogP contribution >= 0.6 is 0 Å². The van der Waals surface area contributed by atoms with Crippen molar-refractivity contribution in [1.29, 1.82) is 0 Å². The first-order chi connectivity index (χ1) is 13.5. The predicted octanol–water partition coefficient (Wildman–Crippen LogP) is 4.68. The van der Waals surface area contributed by atoms with E-state index in [-0.39, 0.29) is 0 Å². The Labute approximate surface area is 163 Å². The molecule has 0 aliphatic heterocycles. The minimum absolute atomic E-state index is 0.315. The maximum Gasteiger partial charge on any atom is 0.336 e. The largest absolute Gasteiger partial charge is 0.496 e. The van der Waals surface area contributed by atoms with Crippen molar-refractivity contribution in [2.45, 2.75) is 26.7 Å². The van der Waals surface area contributed by atoms with Gasteiger partial charge in [-0.25, -0.2) is 9.59 Å². The molecule has 5 heteroatoms. The Kier molecular flexibility index (Phi) is 5.94. The van der Waals surface area contributed by atoms with Crippen molar-refractivity contribution in [3.63, 3.8) is 0 Å². The van der Waals surface area contributed by atoms with Crippen LogP contribution in [0, 0.1) is 6.92 Å². The molecule has 0 aliphatic carbocycles. The summed E-state index contributed by atoms with van der Waals surface area (Å²) in [6, 6.07) is 12.3. The Morgan fingerprint density at radius 1 is 1.14 bits per heavy atom. The highest BCUT2D eigenvalue weighted by Crippen LogP contribution is 2.24. The number of aryl methyl sites for hydroxylation is 2. The fourth-order valence-corrected chi connectivity index (χ4v) is 3.04. The number of ether oxygens (including phenoxy) is 2. The molecule has 0 saturated heterocycles. The first kappa shape index (κ1) is 19.4. The first-order valence-electron chi connectivity index (χ1n) is 9.11. The summed E-state index contributed by atoms with van der Waals surface area (Å²) < 4.78 is 15.9. The fourth-order valence-electron chi connectivity index (χ4n) is 3.04. The van der Waals surface area contributed by atoms with Crippen LogP contribution in [0.2, 0.25) is 0 Å². The third-order valence-electron chi connectivity index (χ3n) is 4.32. The molecule has 3 rings (SSSR count). The van der Waals surface area contributed by atoms with Crippen molar-refractivity contribution in [2.24, 2.45) is 0 Å². The second kappa shape index (κ2) is 8.57. The van der Waals surface area contributed by atoms with Gasteiger partial charge in [-0.15, -0.1) is 0 Å². The van der Waals surface area contributed by atoms with E-state index in [9.17, 15) is 9.59 Å². The lowest BCUT2D eigenvalue weighted by atomic mass is 10.1. The third kappa shape index (κ3) is 4.49. The zero-order valence-electron chi connectivity index (χ0n) is 16.2. The summed E-state index contributed by atoms with van der Waals surface area (Å²) >= 11 is 0. The van der Waals surface area contributed by atoms with E-state index in [1.54, 1.807) is 31.4 Å². The van der Waals surface area contributed by atoms with Crippen LogP contribution < -0.4 is 15.1 Å². The molecule has 28 heavy (non-hydrogen) atoms. The van der Waals surface area contributed by atoms with Crippen molar-refractivity contribution < 1.29 is 18.7 Å². The molecule has 0 unspecified atom stereocenters. The van der Waals surface area contributed by atoms with E-state index in [2.05, 4.69) is 0 Å². The van der Waals surface area contributed by atoms with Crippen LogP contribution in [0.3, 0.4) is 0 Å². The van der Waals surface area contributed by atoms with Crippen LogP contribution in [0.25, 0.3) is 17.0 Å². The molecule has 0 fully saturated rings. The Bertz CT molecular complexity index is 1090. The van der Waals surface area contributed by atoms with Crippen molar-refractivity contribution in [3.8, 4) is 11.5 Å². The summed E-state index contributed by atoms with van der Waals surface area (Å²) in [6.07, 6.45) is 4.69. The monoisotopic (exact) mass is 378 g/mol. The van der Waals surface area contributed by atoms with Gasteiger partial charge in [-0.05, 0) is 49.2 Å². The normalized spacial score (nSPS) is 11.1. The van der Waals surface area contributed by atoms with Gasteiger partial charge in [-0.3, -0.25) is 0 Å². The van der Waals surface area contributed by atoms with Gasteiger partial charge in [-0.2, -0.15) is 0 Å². The predicted molar refractivity (Wildman–Crippen MR) is 109 cm³/mol. The van der Waals surface area contributed by atoms with E-state index in [4.69, 9.17) is 13.9 Å². The van der Waals surface area contributed by atoms with Crippen LogP contribution in [-0.4, -0.2) is 13.1 Å². The number of rotatable bonds is 6. The van der Waals surface area contributed by atoms with Crippen molar-refractivity contribution in [1.82, 2.24) is 0 Å². The average molecular weight is 378 g/mol. The molecule has 1 heterocycles. The number of carbonyl (C=O) groups is 1. The number of carbonyl (C=O) groups excluding carboxylic acids is 1. The topological polar surface area (TPSA) is 65.7 Å². The van der Waals surface area contributed by atoms with Gasteiger partial charge in [0.15, 0.2) is 0 Å². The number of methoxy groups -OCH3 is 1. The van der Waals surface area contributed by atoms with Crippen molar-refractivity contribution in [3.05, 3.63) is 75.7 Å². The number of fused-ring (bicyclic) bond motifs is 1. The average Bonchev–Trinajstić information content (AvgIpc) is 2.66. The van der Waals surface area contributed by atoms with Crippen LogP contribution in [0.1, 0.15) is 30.0 Å². The van der Waals surface area contributed by atoms with E-state index >= 15 is 0 Å². The Balaban J connectivity index is 1.82. The van der Waals surface area contributed by atoms with Gasteiger partial charge in [0.25, 0.3) is 0 Å². The highest BCUT2D eigenvalue weighted by Gasteiger charge is 2.09. The molecule has 0 aliphatic rings. The number of benzene rings is 2. The fraction of sp³-hybridized carbons (Fsp3) is 0.217. The molecule has 0 saturated carbocycles. The van der Waals surface area contributed by atoms with Crippen LogP contribution in [0.15, 0.2) is 57.8 Å². The van der Waals surface area contributed by atoms with Gasteiger partial charge < -0.3 is 13.9 Å². The van der Waals surface area contributed by atoms with E-state index in [0.717, 1.165) is 34.9 Å². The van der Waals surface area contributed by atoms with Gasteiger partial charge in [0, 0.05) is 29.2 Å². The smallest absolute Gasteiger partial charge is 0.336 e. The summed E-state index contributed by atoms with van der Waals surface area (Å²) in [4.78, 5) is 24.0. The summed E-state index contributed by atoms with van der Waals surface area (Å²) in [5.41, 5.74) is 2.77. The molecule has 0 spiro atoms. The molecule has 1 aromatic heterocycles. The summed E-state index contributed by atoms with van der Waals surface area (Å²) in [5, 5.41) is 0.848. The third-order valence-corrected chi connectivity index (χ3v) is 4.32. The van der Waals surface area contributed by atoms with Gasteiger partial charge in [0.1, 0.15) is 17.1 Å². The molecule has 2 aromatic carbocycles. The zero-order valence-corrected chi connectivity index (χ0v) is 16.2. The van der Waals surface area contributed by atoms with Crippen molar-refractivity contribution in [2.75, 3.05) is 7.11 Å². The Morgan fingerprint density at radius 2 is 1.96 bits per heavy atom. The standard InChI is InChI=1S/C23H22O5/c1-4-5-16-13-23(25)28-21-14-18(8-9-19(16)21)27-22(24)11-7-17-12-15(2)6-10-20(17)26-3/h6-14H,4-5H2,1-3H3/b11-7+. The summed E-state index contributed by atoms with van der Waals surface area (Å²) in [5.74, 6) is 0.454. The van der Waals surface area contributed by atoms with E-state index in [1.165, 1.54) is 12.1 Å². The molecule has 0 bridgehead atoms. The molecular weight excluding hydrogens is 356 g/mol. The van der Waals surface area contributed by atoms with E-state index in [1.807, 2.05) is 32.0 Å². The Hall–Kier alpha value is -3.34. The molecule has 0 amide bonds. The minimum atomic E-state index is -0.532. The molecule has 0 atom stereocenters. The van der Waals surface area contributed by atoms with Gasteiger partial charge in [0.05, 0.1) is 7.11 Å². The number of hydrogen-bond acceptors (Lipinski definition) is 5. The minimum Gasteiger partial charge on any atom is -0.496 e. The second-order valence-electron chi connectivity index (χ2n) is 6.50. The molecule has 144 valence electrons. The molecule has 5 nitrogen and oxygen atoms in total. The van der Waals surface area contributed by atoms with E-state index in [0.29, 0.717) is 17.1 Å². The second-order valence-corrected chi connectivity index (χ2v) is 6.50. The lowest BCUT2D eigenvalue weighted by molar-refractivity contribution is -0.128.